The molecule has 9 nitrogen and oxygen atoms in total. The second kappa shape index (κ2) is 6.32. The molecule has 3 aromatic rings. The summed E-state index contributed by atoms with van der Waals surface area (Å²) in [4.78, 5) is 29.2. The number of amides is 1. The van der Waals surface area contributed by atoms with E-state index in [1.54, 1.807) is 13.1 Å². The monoisotopic (exact) mass is 326 g/mol. The highest BCUT2D eigenvalue weighted by Gasteiger charge is 2.19. The highest BCUT2D eigenvalue weighted by molar-refractivity contribution is 5.99. The molecule has 0 aliphatic rings. The van der Waals surface area contributed by atoms with E-state index in [0.717, 1.165) is 22.7 Å². The van der Waals surface area contributed by atoms with E-state index in [1.165, 1.54) is 10.8 Å². The molecule has 0 radical (unpaired) electrons. The lowest BCUT2D eigenvalue weighted by atomic mass is 10.2. The first-order chi connectivity index (χ1) is 11.6. The molecular weight excluding hydrogens is 312 g/mol. The Hall–Kier alpha value is -3.49. The molecule has 122 valence electrons. The Balaban J connectivity index is 1.68. The number of nitrogens with one attached hydrogen (secondary N) is 2. The van der Waals surface area contributed by atoms with Gasteiger partial charge in [-0.25, -0.2) is 15.0 Å². The third kappa shape index (κ3) is 3.00. The van der Waals surface area contributed by atoms with E-state index >= 15 is 0 Å². The van der Waals surface area contributed by atoms with E-state index in [1.807, 2.05) is 24.3 Å². The smallest absolute Gasteiger partial charge is 0.343 e. The van der Waals surface area contributed by atoms with E-state index in [0.29, 0.717) is 5.82 Å². The van der Waals surface area contributed by atoms with E-state index in [9.17, 15) is 14.9 Å². The first kappa shape index (κ1) is 15.4. The number of H-pyrrole nitrogens is 1. The molecule has 24 heavy (non-hydrogen) atoms. The fourth-order valence-corrected chi connectivity index (χ4v) is 2.35. The third-order valence-electron chi connectivity index (χ3n) is 3.54. The van der Waals surface area contributed by atoms with Crippen LogP contribution >= 0.6 is 0 Å². The molecule has 0 atom stereocenters. The average molecular weight is 326 g/mol. The van der Waals surface area contributed by atoms with Gasteiger partial charge in [-0.15, -0.1) is 0 Å². The summed E-state index contributed by atoms with van der Waals surface area (Å²) < 4.78 is 1.22. The van der Waals surface area contributed by atoms with E-state index in [-0.39, 0.29) is 12.4 Å². The maximum absolute atomic E-state index is 11.9. The fraction of sp³-hybridized carbons (Fsp3) is 0.133. The number of aromatic amines is 1. The van der Waals surface area contributed by atoms with Crippen LogP contribution in [-0.2, 0) is 11.3 Å². The molecule has 0 aliphatic carbocycles. The van der Waals surface area contributed by atoms with Crippen molar-refractivity contribution in [3.05, 3.63) is 58.2 Å². The SMILES string of the molecule is Cc1ncc([N+](=O)[O-])n1CC(=O)N/N=C\c1c[nH]c2ccccc12. The molecular formula is C15H14N6O3. The van der Waals surface area contributed by atoms with Crippen LogP contribution in [-0.4, -0.2) is 31.6 Å². The van der Waals surface area contributed by atoms with Crippen molar-refractivity contribution in [3.63, 3.8) is 0 Å². The van der Waals surface area contributed by atoms with Gasteiger partial charge in [0.05, 0.1) is 6.21 Å². The largest absolute Gasteiger partial charge is 0.361 e. The van der Waals surface area contributed by atoms with Crippen LogP contribution in [0.25, 0.3) is 10.9 Å². The van der Waals surface area contributed by atoms with Crippen molar-refractivity contribution in [3.8, 4) is 0 Å². The van der Waals surface area contributed by atoms with Gasteiger partial charge in [0.1, 0.15) is 6.20 Å². The van der Waals surface area contributed by atoms with Gasteiger partial charge >= 0.3 is 5.82 Å². The van der Waals surface area contributed by atoms with E-state index in [4.69, 9.17) is 0 Å². The van der Waals surface area contributed by atoms with Crippen LogP contribution in [0.4, 0.5) is 5.82 Å². The summed E-state index contributed by atoms with van der Waals surface area (Å²) in [5.74, 6) is -0.323. The highest BCUT2D eigenvalue weighted by Crippen LogP contribution is 2.15. The van der Waals surface area contributed by atoms with Crippen molar-refractivity contribution in [2.45, 2.75) is 13.5 Å². The van der Waals surface area contributed by atoms with Crippen LogP contribution in [0.15, 0.2) is 41.8 Å². The molecule has 0 saturated carbocycles. The summed E-state index contributed by atoms with van der Waals surface area (Å²) in [7, 11) is 0. The summed E-state index contributed by atoms with van der Waals surface area (Å²) in [6.07, 6.45) is 4.43. The normalized spacial score (nSPS) is 11.2. The van der Waals surface area contributed by atoms with Crippen LogP contribution in [0.3, 0.4) is 0 Å². The van der Waals surface area contributed by atoms with Crippen molar-refractivity contribution < 1.29 is 9.72 Å². The van der Waals surface area contributed by atoms with Crippen LogP contribution in [0.1, 0.15) is 11.4 Å². The number of carbonyl (C=O) groups is 1. The third-order valence-corrected chi connectivity index (χ3v) is 3.54. The molecule has 0 saturated heterocycles. The molecule has 9 heteroatoms. The van der Waals surface area contributed by atoms with Crippen molar-refractivity contribution in [2.24, 2.45) is 5.10 Å². The number of hydrazone groups is 1. The molecule has 0 unspecified atom stereocenters. The molecule has 2 N–H and O–H groups in total. The number of hydrogen-bond acceptors (Lipinski definition) is 5. The summed E-state index contributed by atoms with van der Waals surface area (Å²) in [6.45, 7) is 1.36. The molecule has 2 aromatic heterocycles. The first-order valence-electron chi connectivity index (χ1n) is 7.11. The van der Waals surface area contributed by atoms with Crippen molar-refractivity contribution >= 4 is 28.8 Å². The lowest BCUT2D eigenvalue weighted by Crippen LogP contribution is -2.24. The summed E-state index contributed by atoms with van der Waals surface area (Å²) >= 11 is 0. The molecule has 1 aromatic carbocycles. The van der Waals surface area contributed by atoms with E-state index in [2.05, 4.69) is 20.5 Å². The lowest BCUT2D eigenvalue weighted by molar-refractivity contribution is -0.392. The molecule has 0 bridgehead atoms. The number of imidazole rings is 1. The second-order valence-corrected chi connectivity index (χ2v) is 5.09. The first-order valence-corrected chi connectivity index (χ1v) is 7.11. The molecule has 2 heterocycles. The number of benzene rings is 1. The van der Waals surface area contributed by atoms with Gasteiger partial charge in [0, 0.05) is 29.6 Å². The maximum Gasteiger partial charge on any atom is 0.343 e. The number of hydrogen-bond donors (Lipinski definition) is 2. The highest BCUT2D eigenvalue weighted by atomic mass is 16.6. The van der Waals surface area contributed by atoms with Gasteiger partial charge in [0.25, 0.3) is 5.91 Å². The van der Waals surface area contributed by atoms with Crippen molar-refractivity contribution in [1.82, 2.24) is 20.0 Å². The minimum absolute atomic E-state index is 0.229. The Labute approximate surface area is 136 Å². The summed E-state index contributed by atoms with van der Waals surface area (Å²) in [6, 6.07) is 7.70. The van der Waals surface area contributed by atoms with Crippen molar-refractivity contribution in [1.29, 1.82) is 0 Å². The number of fused-ring (bicyclic) bond motifs is 1. The quantitative estimate of drug-likeness (QED) is 0.421. The van der Waals surface area contributed by atoms with E-state index < -0.39 is 10.8 Å². The van der Waals surface area contributed by atoms with Crippen LogP contribution in [0.5, 0.6) is 0 Å². The number of nitro groups is 1. The van der Waals surface area contributed by atoms with Gasteiger partial charge in [-0.05, 0) is 11.0 Å². The number of aromatic nitrogens is 3. The Morgan fingerprint density at radius 1 is 1.50 bits per heavy atom. The number of nitrogens with zero attached hydrogens (tertiary/aromatic N) is 4. The standard InChI is InChI=1S/C15H14N6O3/c1-10-16-8-15(21(23)24)20(10)9-14(22)19-18-7-11-6-17-13-5-3-2-4-12(11)13/h2-8,17H,9H2,1H3,(H,19,22)/b18-7-. The van der Waals surface area contributed by atoms with Crippen molar-refractivity contribution in [2.75, 3.05) is 0 Å². The molecule has 3 rings (SSSR count). The summed E-state index contributed by atoms with van der Waals surface area (Å²) in [5.41, 5.74) is 4.16. The van der Waals surface area contributed by atoms with Gasteiger partial charge in [0.15, 0.2) is 12.4 Å². The molecule has 0 fully saturated rings. The zero-order chi connectivity index (χ0) is 17.1. The Kier molecular flexibility index (Phi) is 4.06. The van der Waals surface area contributed by atoms with Gasteiger partial charge in [0.2, 0.25) is 0 Å². The summed E-state index contributed by atoms with van der Waals surface area (Å²) in [5, 5.41) is 15.8. The number of para-hydroxylation sites is 1. The minimum atomic E-state index is -0.581. The molecule has 0 spiro atoms. The predicted molar refractivity (Wildman–Crippen MR) is 87.7 cm³/mol. The Bertz CT molecular complexity index is 940. The minimum Gasteiger partial charge on any atom is -0.361 e. The maximum atomic E-state index is 11.9. The zero-order valence-corrected chi connectivity index (χ0v) is 12.8. The lowest BCUT2D eigenvalue weighted by Gasteiger charge is -2.01. The number of carbonyl (C=O) groups excluding carboxylic acids is 1. The average Bonchev–Trinajstić information content (AvgIpc) is 3.12. The van der Waals surface area contributed by atoms with Crippen LogP contribution < -0.4 is 5.43 Å². The number of aryl methyl sites for hydroxylation is 1. The van der Waals surface area contributed by atoms with Gasteiger partial charge in [-0.1, -0.05) is 18.2 Å². The van der Waals surface area contributed by atoms with Gasteiger partial charge in [-0.2, -0.15) is 5.10 Å². The predicted octanol–water partition coefficient (Wildman–Crippen LogP) is 1.73. The Morgan fingerprint density at radius 3 is 3.08 bits per heavy atom. The number of rotatable bonds is 5. The van der Waals surface area contributed by atoms with Gasteiger partial charge < -0.3 is 15.1 Å². The Morgan fingerprint density at radius 2 is 2.29 bits per heavy atom. The van der Waals surface area contributed by atoms with Gasteiger partial charge in [-0.3, -0.25) is 4.79 Å². The molecule has 0 aliphatic heterocycles. The molecule has 1 amide bonds. The van der Waals surface area contributed by atoms with Crippen LogP contribution in [0, 0.1) is 17.0 Å². The second-order valence-electron chi connectivity index (χ2n) is 5.09. The topological polar surface area (TPSA) is 118 Å². The fourth-order valence-electron chi connectivity index (χ4n) is 2.35. The zero-order valence-electron chi connectivity index (χ0n) is 12.8. The van der Waals surface area contributed by atoms with Crippen LogP contribution in [0.2, 0.25) is 0 Å².